The maximum absolute atomic E-state index is 15.1. The number of rotatable bonds is 9. The topological polar surface area (TPSA) is 89.9 Å². The highest BCUT2D eigenvalue weighted by Crippen LogP contribution is 2.78. The molecule has 284 valence electrons. The molecule has 0 saturated heterocycles. The summed E-state index contributed by atoms with van der Waals surface area (Å²) >= 11 is 1.69. The molecule has 7 heteroatoms. The van der Waals surface area contributed by atoms with Crippen molar-refractivity contribution in [3.8, 4) is 11.1 Å². The molecule has 6 nitrogen and oxygen atoms in total. The van der Waals surface area contributed by atoms with Crippen molar-refractivity contribution in [1.29, 1.82) is 0 Å². The van der Waals surface area contributed by atoms with Crippen LogP contribution in [-0.2, 0) is 6.42 Å². The molecule has 55 heavy (non-hydrogen) atoms. The van der Waals surface area contributed by atoms with Crippen LogP contribution in [0.1, 0.15) is 74.0 Å². The van der Waals surface area contributed by atoms with Crippen molar-refractivity contribution < 1.29 is 19.8 Å². The number of ketones is 1. The first-order valence-corrected chi connectivity index (χ1v) is 21.1. The molecule has 6 aliphatic carbocycles. The maximum Gasteiger partial charge on any atom is 0.321 e. The summed E-state index contributed by atoms with van der Waals surface area (Å²) in [6.07, 6.45) is 12.6. The standard InChI is InChI=1S/C48H52N2O4S/c1-44-23-19-37(51)30-46(44)26-27-48(39(31-46)42(52)35-17-15-34(16-18-35)33-10-5-3-6-11-33)40(44)20-24-45(2)41(48)21-25-47(45,54)32-50(28-22-38-14-9-29-55-38)43(53)49-36-12-7-4-8-13-36/h3-18,26-27,29,31,37,40-41,51,54H,19-25,28,30,32H2,1-2H3,(H,49,53)/t37?,40-,41-,44-,45+,46+,47-,48-/m1/s1. The van der Waals surface area contributed by atoms with Gasteiger partial charge in [-0.15, -0.1) is 11.3 Å². The number of aliphatic hydroxyl groups is 2. The normalized spacial score (nSPS) is 34.3. The van der Waals surface area contributed by atoms with Crippen LogP contribution in [-0.4, -0.2) is 51.7 Å². The van der Waals surface area contributed by atoms with Gasteiger partial charge in [0.25, 0.3) is 0 Å². The van der Waals surface area contributed by atoms with Gasteiger partial charge in [-0.25, -0.2) is 4.79 Å². The second-order valence-electron chi connectivity index (χ2n) is 17.6. The SMILES string of the molecule is C[C@]12CC[C@H]3[C@]4(C=C[C@@]5(C=C4C(=O)c4ccc(-c6ccccc6)cc4)CC(O)CC[C@]35C)[C@@H]1CC[C@@]2(O)CN(CCc1cccs1)C(=O)Nc1ccccc1. The van der Waals surface area contributed by atoms with E-state index in [2.05, 4.69) is 61.0 Å². The average Bonchev–Trinajstić information content (AvgIpc) is 3.82. The lowest BCUT2D eigenvalue weighted by Gasteiger charge is -2.71. The second kappa shape index (κ2) is 13.4. The number of carbonyl (C=O) groups is 2. The molecular formula is C48H52N2O4S. The van der Waals surface area contributed by atoms with E-state index in [1.807, 2.05) is 83.8 Å². The van der Waals surface area contributed by atoms with Crippen LogP contribution in [0.5, 0.6) is 0 Å². The molecule has 3 saturated carbocycles. The number of amides is 2. The molecular weight excluding hydrogens is 701 g/mol. The number of hydrogen-bond acceptors (Lipinski definition) is 5. The molecule has 3 fully saturated rings. The van der Waals surface area contributed by atoms with Crippen LogP contribution in [0, 0.1) is 33.5 Å². The van der Waals surface area contributed by atoms with Gasteiger partial charge in [0.15, 0.2) is 5.78 Å². The Labute approximate surface area is 329 Å². The van der Waals surface area contributed by atoms with Gasteiger partial charge in [-0.05, 0) is 103 Å². The van der Waals surface area contributed by atoms with E-state index in [0.29, 0.717) is 31.4 Å². The summed E-state index contributed by atoms with van der Waals surface area (Å²) in [5.74, 6) is 0.244. The van der Waals surface area contributed by atoms with Crippen LogP contribution >= 0.6 is 11.3 Å². The molecule has 3 aromatic carbocycles. The number of benzene rings is 3. The highest BCUT2D eigenvalue weighted by Gasteiger charge is 2.74. The molecule has 2 spiro atoms. The fourth-order valence-corrected chi connectivity index (χ4v) is 12.9. The number of nitrogens with one attached hydrogen (secondary N) is 1. The predicted octanol–water partition coefficient (Wildman–Crippen LogP) is 9.97. The quantitative estimate of drug-likeness (QED) is 0.117. The Balaban J connectivity index is 1.08. The maximum atomic E-state index is 15.1. The Kier molecular flexibility index (Phi) is 8.87. The summed E-state index contributed by atoms with van der Waals surface area (Å²) in [6.45, 7) is 5.37. The number of carbonyl (C=O) groups excluding carboxylic acids is 2. The van der Waals surface area contributed by atoms with Gasteiger partial charge in [-0.3, -0.25) is 4.79 Å². The van der Waals surface area contributed by atoms with E-state index in [-0.39, 0.29) is 35.6 Å². The highest BCUT2D eigenvalue weighted by molar-refractivity contribution is 7.09. The van der Waals surface area contributed by atoms with Gasteiger partial charge in [-0.1, -0.05) is 111 Å². The van der Waals surface area contributed by atoms with Crippen LogP contribution in [0.2, 0.25) is 0 Å². The second-order valence-corrected chi connectivity index (χ2v) is 18.7. The number of Topliss-reactive ketones (excluding diaryl/α,β-unsaturated/α-hetero) is 1. The lowest BCUT2D eigenvalue weighted by molar-refractivity contribution is -0.174. The van der Waals surface area contributed by atoms with Gasteiger partial charge >= 0.3 is 6.03 Å². The van der Waals surface area contributed by atoms with E-state index in [0.717, 1.165) is 54.5 Å². The van der Waals surface area contributed by atoms with Crippen molar-refractivity contribution >= 4 is 28.8 Å². The Hall–Kier alpha value is -4.30. The Morgan fingerprint density at radius 1 is 0.800 bits per heavy atom. The molecule has 3 N–H and O–H groups in total. The van der Waals surface area contributed by atoms with Gasteiger partial charge in [0.1, 0.15) is 0 Å². The molecule has 0 aliphatic heterocycles. The first-order chi connectivity index (χ1) is 26.5. The molecule has 4 aromatic rings. The zero-order valence-corrected chi connectivity index (χ0v) is 32.7. The molecule has 2 bridgehead atoms. The monoisotopic (exact) mass is 752 g/mol. The molecule has 1 unspecified atom stereocenters. The number of thiophene rings is 1. The molecule has 2 amide bonds. The molecule has 8 atom stereocenters. The molecule has 1 heterocycles. The van der Waals surface area contributed by atoms with E-state index >= 15 is 4.79 Å². The van der Waals surface area contributed by atoms with E-state index in [1.54, 1.807) is 11.3 Å². The molecule has 0 radical (unpaired) electrons. The minimum atomic E-state index is -1.16. The number of fused-ring (bicyclic) bond motifs is 1. The van der Waals surface area contributed by atoms with E-state index in [9.17, 15) is 15.0 Å². The number of para-hydroxylation sites is 1. The minimum Gasteiger partial charge on any atom is -0.393 e. The van der Waals surface area contributed by atoms with E-state index < -0.39 is 27.9 Å². The Morgan fingerprint density at radius 2 is 1.47 bits per heavy atom. The summed E-state index contributed by atoms with van der Waals surface area (Å²) in [5.41, 5.74) is 1.62. The number of nitrogens with zero attached hydrogens (tertiary/aromatic N) is 1. The van der Waals surface area contributed by atoms with Gasteiger partial charge in [-0.2, -0.15) is 0 Å². The third-order valence-corrected chi connectivity index (χ3v) is 16.1. The van der Waals surface area contributed by atoms with Crippen molar-refractivity contribution in [2.24, 2.45) is 33.5 Å². The molecule has 1 aromatic heterocycles. The van der Waals surface area contributed by atoms with Crippen molar-refractivity contribution in [2.45, 2.75) is 76.9 Å². The predicted molar refractivity (Wildman–Crippen MR) is 220 cm³/mol. The first-order valence-electron chi connectivity index (χ1n) is 20.2. The summed E-state index contributed by atoms with van der Waals surface area (Å²) < 4.78 is 0. The first kappa shape index (κ1) is 36.3. The van der Waals surface area contributed by atoms with Crippen LogP contribution in [0.4, 0.5) is 10.5 Å². The number of anilines is 1. The van der Waals surface area contributed by atoms with Gasteiger partial charge in [0.05, 0.1) is 18.2 Å². The summed E-state index contributed by atoms with van der Waals surface area (Å²) in [7, 11) is 0. The molecule has 10 rings (SSSR count). The van der Waals surface area contributed by atoms with Crippen molar-refractivity contribution in [3.63, 3.8) is 0 Å². The van der Waals surface area contributed by atoms with Crippen LogP contribution in [0.3, 0.4) is 0 Å². The van der Waals surface area contributed by atoms with E-state index in [1.165, 1.54) is 4.88 Å². The lowest BCUT2D eigenvalue weighted by Crippen LogP contribution is -2.67. The van der Waals surface area contributed by atoms with Crippen LogP contribution in [0.25, 0.3) is 11.1 Å². The third-order valence-electron chi connectivity index (χ3n) is 15.2. The van der Waals surface area contributed by atoms with Crippen LogP contribution in [0.15, 0.2) is 126 Å². The van der Waals surface area contributed by atoms with Gasteiger partial charge in [0, 0.05) is 44.5 Å². The summed E-state index contributed by atoms with van der Waals surface area (Å²) in [4.78, 5) is 32.3. The number of aliphatic hydroxyl groups excluding tert-OH is 1. The summed E-state index contributed by atoms with van der Waals surface area (Å²) in [6, 6.07) is 31.7. The Bertz CT molecular complexity index is 2130. The smallest absolute Gasteiger partial charge is 0.321 e. The third kappa shape index (κ3) is 5.63. The van der Waals surface area contributed by atoms with Crippen molar-refractivity contribution in [2.75, 3.05) is 18.4 Å². The zero-order valence-electron chi connectivity index (χ0n) is 31.9. The number of hydrogen-bond donors (Lipinski definition) is 3. The zero-order chi connectivity index (χ0) is 38.1. The highest BCUT2D eigenvalue weighted by atomic mass is 32.1. The number of urea groups is 1. The molecule has 6 aliphatic rings. The van der Waals surface area contributed by atoms with Crippen molar-refractivity contribution in [1.82, 2.24) is 4.90 Å². The largest absolute Gasteiger partial charge is 0.393 e. The summed E-state index contributed by atoms with van der Waals surface area (Å²) in [5, 5.41) is 29.4. The fourth-order valence-electron chi connectivity index (χ4n) is 12.2. The Morgan fingerprint density at radius 3 is 2.20 bits per heavy atom. The average molecular weight is 753 g/mol. The fraction of sp³-hybridized carbons (Fsp3) is 0.417. The number of allylic oxidation sites excluding steroid dienone is 4. The van der Waals surface area contributed by atoms with E-state index in [4.69, 9.17) is 0 Å². The lowest BCUT2D eigenvalue weighted by atomic mass is 9.32. The van der Waals surface area contributed by atoms with Crippen molar-refractivity contribution in [3.05, 3.63) is 137 Å². The van der Waals surface area contributed by atoms with Gasteiger partial charge < -0.3 is 20.4 Å². The minimum absolute atomic E-state index is 0.00269. The van der Waals surface area contributed by atoms with Crippen LogP contribution < -0.4 is 5.32 Å². The van der Waals surface area contributed by atoms with Gasteiger partial charge in [0.2, 0.25) is 0 Å².